The van der Waals surface area contributed by atoms with Crippen LogP contribution in [0.4, 0.5) is 10.1 Å². The van der Waals surface area contributed by atoms with E-state index in [1.165, 1.54) is 12.1 Å². The Morgan fingerprint density at radius 3 is 2.80 bits per heavy atom. The Morgan fingerprint density at radius 1 is 1.27 bits per heavy atom. The van der Waals surface area contributed by atoms with Gasteiger partial charge in [-0.25, -0.2) is 4.39 Å². The molecule has 0 spiro atoms. The summed E-state index contributed by atoms with van der Waals surface area (Å²) in [6, 6.07) is 11.7. The highest BCUT2D eigenvalue weighted by Gasteiger charge is 2.23. The molecule has 1 heterocycles. The highest BCUT2D eigenvalue weighted by atomic mass is 35.5. The molecular formula is C22H27ClFN3O3. The summed E-state index contributed by atoms with van der Waals surface area (Å²) in [5, 5.41) is 6.75. The zero-order chi connectivity index (χ0) is 21.3. The Bertz CT molecular complexity index is 846. The van der Waals surface area contributed by atoms with Gasteiger partial charge in [0.1, 0.15) is 11.6 Å². The quantitative estimate of drug-likeness (QED) is 0.631. The predicted octanol–water partition coefficient (Wildman–Crippen LogP) is 3.48. The van der Waals surface area contributed by atoms with Crippen LogP contribution in [0.1, 0.15) is 18.0 Å². The molecular weight excluding hydrogens is 409 g/mol. The number of nitrogens with one attached hydrogen (secondary N) is 2. The first-order chi connectivity index (χ1) is 14.6. The van der Waals surface area contributed by atoms with Crippen molar-refractivity contribution in [1.82, 2.24) is 10.2 Å². The second-order valence-electron chi connectivity index (χ2n) is 7.04. The summed E-state index contributed by atoms with van der Waals surface area (Å²) in [4.78, 5) is 14.6. The molecule has 162 valence electrons. The average molecular weight is 436 g/mol. The van der Waals surface area contributed by atoms with E-state index in [0.717, 1.165) is 24.3 Å². The lowest BCUT2D eigenvalue weighted by Gasteiger charge is -2.35. The maximum Gasteiger partial charge on any atom is 0.221 e. The molecule has 0 aromatic heterocycles. The molecule has 1 aliphatic rings. The smallest absolute Gasteiger partial charge is 0.221 e. The van der Waals surface area contributed by atoms with Crippen LogP contribution in [0.15, 0.2) is 42.5 Å². The van der Waals surface area contributed by atoms with Crippen LogP contribution < -0.4 is 15.4 Å². The van der Waals surface area contributed by atoms with Crippen LogP contribution in [0, 0.1) is 5.82 Å². The van der Waals surface area contributed by atoms with Crippen molar-refractivity contribution in [2.24, 2.45) is 0 Å². The van der Waals surface area contributed by atoms with Crippen molar-refractivity contribution >= 4 is 23.2 Å². The van der Waals surface area contributed by atoms with Crippen LogP contribution in [0.25, 0.3) is 0 Å². The van der Waals surface area contributed by atoms with Gasteiger partial charge in [0.25, 0.3) is 0 Å². The number of nitrogens with zero attached hydrogens (tertiary/aromatic N) is 1. The van der Waals surface area contributed by atoms with E-state index in [-0.39, 0.29) is 24.2 Å². The third-order valence-corrected chi connectivity index (χ3v) is 5.28. The Balaban J connectivity index is 1.54. The van der Waals surface area contributed by atoms with E-state index in [9.17, 15) is 9.18 Å². The zero-order valence-corrected chi connectivity index (χ0v) is 17.8. The number of carbonyl (C=O) groups is 1. The molecule has 0 radical (unpaired) electrons. The van der Waals surface area contributed by atoms with Gasteiger partial charge in [0.2, 0.25) is 5.91 Å². The highest BCUT2D eigenvalue weighted by molar-refractivity contribution is 6.30. The third kappa shape index (κ3) is 6.32. The second kappa shape index (κ2) is 11.2. The molecule has 2 aromatic rings. The van der Waals surface area contributed by atoms with Crippen LogP contribution in [-0.4, -0.2) is 57.3 Å². The molecule has 1 atom stereocenters. The van der Waals surface area contributed by atoms with Crippen molar-refractivity contribution in [3.63, 3.8) is 0 Å². The molecule has 1 aliphatic heterocycles. The minimum absolute atomic E-state index is 0.0850. The fourth-order valence-corrected chi connectivity index (χ4v) is 3.66. The molecule has 2 N–H and O–H groups in total. The number of methoxy groups -OCH3 is 1. The summed E-state index contributed by atoms with van der Waals surface area (Å²) in [6.07, 6.45) is 0.286. The number of amides is 1. The topological polar surface area (TPSA) is 62.8 Å². The van der Waals surface area contributed by atoms with Crippen molar-refractivity contribution in [1.29, 1.82) is 0 Å². The molecule has 1 saturated heterocycles. The van der Waals surface area contributed by atoms with Crippen LogP contribution in [0.3, 0.4) is 0 Å². The third-order valence-electron chi connectivity index (χ3n) is 5.04. The molecule has 0 aliphatic carbocycles. The van der Waals surface area contributed by atoms with Gasteiger partial charge >= 0.3 is 0 Å². The molecule has 1 unspecified atom stereocenters. The van der Waals surface area contributed by atoms with Crippen LogP contribution >= 0.6 is 11.6 Å². The fourth-order valence-electron chi connectivity index (χ4n) is 3.49. The number of benzene rings is 2. The molecule has 6 nitrogen and oxygen atoms in total. The number of hydrogen-bond acceptors (Lipinski definition) is 5. The maximum atomic E-state index is 13.8. The number of anilines is 1. The monoisotopic (exact) mass is 435 g/mol. The number of morpholine rings is 1. The molecule has 1 fully saturated rings. The largest absolute Gasteiger partial charge is 0.495 e. The second-order valence-corrected chi connectivity index (χ2v) is 7.48. The van der Waals surface area contributed by atoms with Gasteiger partial charge in [0, 0.05) is 37.6 Å². The van der Waals surface area contributed by atoms with E-state index < -0.39 is 0 Å². The zero-order valence-electron chi connectivity index (χ0n) is 17.0. The summed E-state index contributed by atoms with van der Waals surface area (Å²) in [5.74, 6) is 0.299. The predicted molar refractivity (Wildman–Crippen MR) is 116 cm³/mol. The first-order valence-corrected chi connectivity index (χ1v) is 10.4. The van der Waals surface area contributed by atoms with Gasteiger partial charge in [-0.05, 0) is 35.9 Å². The maximum absolute atomic E-state index is 13.8. The Labute approximate surface area is 181 Å². The van der Waals surface area contributed by atoms with Crippen molar-refractivity contribution in [3.05, 3.63) is 58.9 Å². The molecule has 2 aromatic carbocycles. The van der Waals surface area contributed by atoms with Crippen molar-refractivity contribution < 1.29 is 18.7 Å². The highest BCUT2D eigenvalue weighted by Crippen LogP contribution is 2.27. The SMILES string of the molecule is COc1ccc(Cl)cc1NCCC(=O)NCC(c1cccc(F)c1)N1CCOCC1. The summed E-state index contributed by atoms with van der Waals surface area (Å²) < 4.78 is 24.5. The summed E-state index contributed by atoms with van der Waals surface area (Å²) in [6.45, 7) is 3.59. The van der Waals surface area contributed by atoms with Gasteiger partial charge < -0.3 is 20.1 Å². The van der Waals surface area contributed by atoms with Crippen LogP contribution in [0.5, 0.6) is 5.75 Å². The van der Waals surface area contributed by atoms with E-state index in [4.69, 9.17) is 21.1 Å². The van der Waals surface area contributed by atoms with E-state index in [1.807, 2.05) is 6.07 Å². The Morgan fingerprint density at radius 2 is 2.07 bits per heavy atom. The van der Waals surface area contributed by atoms with E-state index in [1.54, 1.807) is 31.4 Å². The van der Waals surface area contributed by atoms with Gasteiger partial charge in [-0.3, -0.25) is 9.69 Å². The lowest BCUT2D eigenvalue weighted by Crippen LogP contribution is -2.44. The van der Waals surface area contributed by atoms with Gasteiger partial charge in [0.05, 0.1) is 32.1 Å². The standard InChI is InChI=1S/C22H27ClFN3O3/c1-29-21-6-5-17(23)14-19(21)25-8-7-22(28)26-15-20(27-9-11-30-12-10-27)16-3-2-4-18(24)13-16/h2-6,13-14,20,25H,7-12,15H2,1H3,(H,26,28). The number of hydrogen-bond donors (Lipinski definition) is 2. The normalized spacial score (nSPS) is 15.4. The molecule has 30 heavy (non-hydrogen) atoms. The fraction of sp³-hybridized carbons (Fsp3) is 0.409. The number of ether oxygens (including phenoxy) is 2. The van der Waals surface area contributed by atoms with Crippen LogP contribution in [-0.2, 0) is 9.53 Å². The lowest BCUT2D eigenvalue weighted by molar-refractivity contribution is -0.121. The summed E-state index contributed by atoms with van der Waals surface area (Å²) in [7, 11) is 1.58. The number of carbonyl (C=O) groups excluding carboxylic acids is 1. The van der Waals surface area contributed by atoms with E-state index >= 15 is 0 Å². The minimum Gasteiger partial charge on any atom is -0.495 e. The van der Waals surface area contributed by atoms with E-state index in [2.05, 4.69) is 15.5 Å². The minimum atomic E-state index is -0.281. The van der Waals surface area contributed by atoms with Gasteiger partial charge in [0.15, 0.2) is 0 Å². The summed E-state index contributed by atoms with van der Waals surface area (Å²) in [5.41, 5.74) is 1.59. The number of rotatable bonds is 9. The Hall–Kier alpha value is -2.35. The van der Waals surface area contributed by atoms with Crippen molar-refractivity contribution in [3.8, 4) is 5.75 Å². The lowest BCUT2D eigenvalue weighted by atomic mass is 10.0. The van der Waals surface area contributed by atoms with Crippen molar-refractivity contribution in [2.45, 2.75) is 12.5 Å². The molecule has 1 amide bonds. The molecule has 3 rings (SSSR count). The number of halogens is 2. The Kier molecular flexibility index (Phi) is 8.30. The summed E-state index contributed by atoms with van der Waals surface area (Å²) >= 11 is 6.03. The van der Waals surface area contributed by atoms with Gasteiger partial charge in [-0.2, -0.15) is 0 Å². The molecule has 8 heteroatoms. The van der Waals surface area contributed by atoms with E-state index in [0.29, 0.717) is 37.1 Å². The van der Waals surface area contributed by atoms with Crippen LogP contribution in [0.2, 0.25) is 5.02 Å². The average Bonchev–Trinajstić information content (AvgIpc) is 2.75. The molecule has 0 bridgehead atoms. The van der Waals surface area contributed by atoms with Crippen molar-refractivity contribution in [2.75, 3.05) is 51.8 Å². The van der Waals surface area contributed by atoms with Gasteiger partial charge in [-0.1, -0.05) is 23.7 Å². The first kappa shape index (κ1) is 22.3. The first-order valence-electron chi connectivity index (χ1n) is 9.98. The molecule has 0 saturated carbocycles. The van der Waals surface area contributed by atoms with Gasteiger partial charge in [-0.15, -0.1) is 0 Å².